The number of furan rings is 1. The molecule has 2 N–H and O–H groups in total. The summed E-state index contributed by atoms with van der Waals surface area (Å²) in [6.45, 7) is 0.201. The molecule has 4 rings (SSSR count). The van der Waals surface area contributed by atoms with E-state index in [0.717, 1.165) is 21.8 Å². The second kappa shape index (κ2) is 13.3. The van der Waals surface area contributed by atoms with Gasteiger partial charge in [0, 0.05) is 21.2 Å². The van der Waals surface area contributed by atoms with Crippen molar-refractivity contribution >= 4 is 41.4 Å². The number of hydrazone groups is 1. The Kier molecular flexibility index (Phi) is 9.40. The zero-order valence-electron chi connectivity index (χ0n) is 19.7. The van der Waals surface area contributed by atoms with E-state index in [9.17, 15) is 9.59 Å². The summed E-state index contributed by atoms with van der Waals surface area (Å²) in [7, 11) is 0. The van der Waals surface area contributed by atoms with Crippen LogP contribution in [0.25, 0.3) is 0 Å². The number of hydrogen-bond acceptors (Lipinski definition) is 6. The van der Waals surface area contributed by atoms with E-state index in [1.54, 1.807) is 66.6 Å². The van der Waals surface area contributed by atoms with E-state index in [0.29, 0.717) is 28.6 Å². The summed E-state index contributed by atoms with van der Waals surface area (Å²) < 4.78 is 10.7. The Hall–Kier alpha value is -4.01. The molecule has 3 aromatic carbocycles. The lowest BCUT2D eigenvalue weighted by Gasteiger charge is -2.07. The van der Waals surface area contributed by atoms with Gasteiger partial charge in [0.1, 0.15) is 11.5 Å². The molecule has 0 aliphatic rings. The van der Waals surface area contributed by atoms with E-state index in [4.69, 9.17) is 20.8 Å². The fraction of sp³-hybridized carbons (Fsp3) is 0.107. The first-order valence-electron chi connectivity index (χ1n) is 11.4. The number of hydrogen-bond donors (Lipinski definition) is 2. The topological polar surface area (TPSA) is 92.9 Å². The lowest BCUT2D eigenvalue weighted by atomic mass is 10.1. The minimum absolute atomic E-state index is 0.108. The Balaban J connectivity index is 1.18. The third-order valence-corrected chi connectivity index (χ3v) is 6.44. The van der Waals surface area contributed by atoms with E-state index in [1.807, 2.05) is 36.4 Å². The van der Waals surface area contributed by atoms with Gasteiger partial charge in [-0.05, 0) is 83.9 Å². The number of rotatable bonds is 11. The molecule has 0 fully saturated rings. The highest BCUT2D eigenvalue weighted by Gasteiger charge is 2.06. The fourth-order valence-electron chi connectivity index (χ4n) is 3.13. The molecule has 188 valence electrons. The van der Waals surface area contributed by atoms with Crippen LogP contribution in [0.2, 0.25) is 5.02 Å². The van der Waals surface area contributed by atoms with E-state index < -0.39 is 0 Å². The summed E-state index contributed by atoms with van der Waals surface area (Å²) in [6.07, 6.45) is 3.09. The van der Waals surface area contributed by atoms with Crippen LogP contribution in [0.5, 0.6) is 5.75 Å². The number of ether oxygens (including phenoxy) is 1. The SMILES string of the molecule is O=C(COc1ccc(/C=N\NC(=O)c2ccc(CSc3ccc(Cl)cc3)cc2)cc1)NCc1ccco1. The minimum Gasteiger partial charge on any atom is -0.484 e. The number of carbonyl (C=O) groups excluding carboxylic acids is 2. The number of nitrogens with one attached hydrogen (secondary N) is 2. The largest absolute Gasteiger partial charge is 0.484 e. The lowest BCUT2D eigenvalue weighted by molar-refractivity contribution is -0.123. The van der Waals surface area contributed by atoms with E-state index in [2.05, 4.69) is 15.8 Å². The van der Waals surface area contributed by atoms with Gasteiger partial charge >= 0.3 is 0 Å². The van der Waals surface area contributed by atoms with Crippen molar-refractivity contribution < 1.29 is 18.7 Å². The first-order valence-corrected chi connectivity index (χ1v) is 12.7. The number of nitrogens with zero attached hydrogens (tertiary/aromatic N) is 1. The molecule has 0 atom stereocenters. The van der Waals surface area contributed by atoms with Crippen molar-refractivity contribution in [2.45, 2.75) is 17.2 Å². The van der Waals surface area contributed by atoms with Crippen LogP contribution in [-0.2, 0) is 17.1 Å². The molecular weight excluding hydrogens is 510 g/mol. The zero-order chi connectivity index (χ0) is 25.9. The Bertz CT molecular complexity index is 1320. The molecule has 4 aromatic rings. The Morgan fingerprint density at radius 3 is 2.43 bits per heavy atom. The molecule has 0 aliphatic carbocycles. The Labute approximate surface area is 223 Å². The zero-order valence-corrected chi connectivity index (χ0v) is 21.3. The van der Waals surface area contributed by atoms with Crippen molar-refractivity contribution in [1.82, 2.24) is 10.7 Å². The second-order valence-electron chi connectivity index (χ2n) is 7.85. The van der Waals surface area contributed by atoms with Crippen LogP contribution in [0, 0.1) is 0 Å². The lowest BCUT2D eigenvalue weighted by Crippen LogP contribution is -2.28. The van der Waals surface area contributed by atoms with Gasteiger partial charge in [0.25, 0.3) is 11.8 Å². The van der Waals surface area contributed by atoms with Gasteiger partial charge in [-0.3, -0.25) is 9.59 Å². The predicted molar refractivity (Wildman–Crippen MR) is 145 cm³/mol. The smallest absolute Gasteiger partial charge is 0.271 e. The molecule has 9 heteroatoms. The summed E-state index contributed by atoms with van der Waals surface area (Å²) in [4.78, 5) is 25.4. The maximum absolute atomic E-state index is 12.4. The average molecular weight is 534 g/mol. The molecule has 7 nitrogen and oxygen atoms in total. The van der Waals surface area contributed by atoms with Gasteiger partial charge in [-0.2, -0.15) is 5.10 Å². The second-order valence-corrected chi connectivity index (χ2v) is 9.34. The monoisotopic (exact) mass is 533 g/mol. The number of carbonyl (C=O) groups is 2. The molecule has 0 saturated heterocycles. The minimum atomic E-state index is -0.298. The molecule has 1 aromatic heterocycles. The van der Waals surface area contributed by atoms with Crippen molar-refractivity contribution in [3.63, 3.8) is 0 Å². The van der Waals surface area contributed by atoms with Crippen LogP contribution in [0.4, 0.5) is 0 Å². The first kappa shape index (κ1) is 26.1. The maximum Gasteiger partial charge on any atom is 0.271 e. The molecule has 2 amide bonds. The maximum atomic E-state index is 12.4. The van der Waals surface area contributed by atoms with Gasteiger partial charge in [-0.25, -0.2) is 5.43 Å². The highest BCUT2D eigenvalue weighted by molar-refractivity contribution is 7.98. The van der Waals surface area contributed by atoms with Gasteiger partial charge in [0.2, 0.25) is 0 Å². The van der Waals surface area contributed by atoms with Gasteiger partial charge < -0.3 is 14.5 Å². The summed E-state index contributed by atoms with van der Waals surface area (Å²) in [5.74, 6) is 1.46. The van der Waals surface area contributed by atoms with Crippen molar-refractivity contribution in [2.24, 2.45) is 5.10 Å². The summed E-state index contributed by atoms with van der Waals surface area (Å²) in [5, 5.41) is 7.45. The van der Waals surface area contributed by atoms with Crippen LogP contribution in [0.3, 0.4) is 0 Å². The summed E-state index contributed by atoms with van der Waals surface area (Å²) >= 11 is 7.62. The van der Waals surface area contributed by atoms with E-state index in [1.165, 1.54) is 6.21 Å². The molecule has 0 unspecified atom stereocenters. The standard InChI is InChI=1S/C28H24ClN3O4S/c29-23-9-13-26(14-10-23)37-19-21-3-7-22(8-4-21)28(34)32-31-16-20-5-11-24(12-6-20)36-18-27(33)30-17-25-2-1-15-35-25/h1-16H,17-19H2,(H,30,33)(H,32,34)/b31-16-. The molecule has 37 heavy (non-hydrogen) atoms. The molecule has 0 spiro atoms. The van der Waals surface area contributed by atoms with Crippen molar-refractivity contribution in [3.05, 3.63) is 119 Å². The average Bonchev–Trinajstić information content (AvgIpc) is 3.45. The predicted octanol–water partition coefficient (Wildman–Crippen LogP) is 5.68. The number of benzene rings is 3. The van der Waals surface area contributed by atoms with Crippen LogP contribution in [0.1, 0.15) is 27.2 Å². The molecule has 0 bridgehead atoms. The highest BCUT2D eigenvalue weighted by Crippen LogP contribution is 2.24. The third-order valence-electron chi connectivity index (χ3n) is 5.10. The molecule has 0 aliphatic heterocycles. The molecule has 0 radical (unpaired) electrons. The number of halogens is 1. The summed E-state index contributed by atoms with van der Waals surface area (Å²) in [5.41, 5.74) is 4.93. The fourth-order valence-corrected chi connectivity index (χ4v) is 4.11. The van der Waals surface area contributed by atoms with Crippen LogP contribution >= 0.6 is 23.4 Å². The van der Waals surface area contributed by atoms with Crippen LogP contribution < -0.4 is 15.5 Å². The van der Waals surface area contributed by atoms with Gasteiger partial charge in [0.15, 0.2) is 6.61 Å². The molecule has 1 heterocycles. The number of thioether (sulfide) groups is 1. The molecular formula is C28H24ClN3O4S. The highest BCUT2D eigenvalue weighted by atomic mass is 35.5. The Morgan fingerprint density at radius 1 is 0.973 bits per heavy atom. The van der Waals surface area contributed by atoms with Crippen LogP contribution in [0.15, 0.2) is 106 Å². The van der Waals surface area contributed by atoms with Gasteiger partial charge in [-0.15, -0.1) is 11.8 Å². The van der Waals surface area contributed by atoms with Crippen molar-refractivity contribution in [3.8, 4) is 5.75 Å². The van der Waals surface area contributed by atoms with Gasteiger partial charge in [-0.1, -0.05) is 23.7 Å². The summed E-state index contributed by atoms with van der Waals surface area (Å²) in [6, 6.07) is 25.7. The van der Waals surface area contributed by atoms with E-state index >= 15 is 0 Å². The Morgan fingerprint density at radius 2 is 1.73 bits per heavy atom. The first-order chi connectivity index (χ1) is 18.0. The van der Waals surface area contributed by atoms with Crippen LogP contribution in [-0.4, -0.2) is 24.6 Å². The number of amides is 2. The van der Waals surface area contributed by atoms with Gasteiger partial charge in [0.05, 0.1) is 19.0 Å². The van der Waals surface area contributed by atoms with E-state index in [-0.39, 0.29) is 18.4 Å². The normalized spacial score (nSPS) is 10.8. The quantitative estimate of drug-likeness (QED) is 0.147. The molecule has 0 saturated carbocycles. The van der Waals surface area contributed by atoms with Crippen molar-refractivity contribution in [1.29, 1.82) is 0 Å². The van der Waals surface area contributed by atoms with Crippen molar-refractivity contribution in [2.75, 3.05) is 6.61 Å². The third kappa shape index (κ3) is 8.56.